The van der Waals surface area contributed by atoms with Crippen molar-refractivity contribution in [2.24, 2.45) is 11.8 Å². The molecule has 0 aliphatic carbocycles. The second-order valence-electron chi connectivity index (χ2n) is 9.12. The maximum atomic E-state index is 12.2. The monoisotopic (exact) mass is 404 g/mol. The second kappa shape index (κ2) is 7.75. The zero-order valence-corrected chi connectivity index (χ0v) is 17.8. The van der Waals surface area contributed by atoms with Crippen molar-refractivity contribution in [2.75, 3.05) is 32.1 Å². The molecular formula is C26H32N2O2. The summed E-state index contributed by atoms with van der Waals surface area (Å²) in [6, 6.07) is 17.0. The third-order valence-corrected chi connectivity index (χ3v) is 7.85. The van der Waals surface area contributed by atoms with Gasteiger partial charge < -0.3 is 15.2 Å². The molecule has 3 saturated heterocycles. The minimum atomic E-state index is -0.485. The summed E-state index contributed by atoms with van der Waals surface area (Å²) in [5, 5.41) is 15.7. The maximum absolute atomic E-state index is 12.2. The van der Waals surface area contributed by atoms with Crippen LogP contribution >= 0.6 is 0 Å². The molecule has 4 nitrogen and oxygen atoms in total. The van der Waals surface area contributed by atoms with E-state index in [0.717, 1.165) is 49.5 Å². The van der Waals surface area contributed by atoms with E-state index in [1.165, 1.54) is 12.0 Å². The van der Waals surface area contributed by atoms with Gasteiger partial charge in [-0.15, -0.1) is 6.58 Å². The van der Waals surface area contributed by atoms with Crippen molar-refractivity contribution in [1.29, 1.82) is 0 Å². The van der Waals surface area contributed by atoms with E-state index in [1.54, 1.807) is 7.11 Å². The average Bonchev–Trinajstić information content (AvgIpc) is 2.83. The van der Waals surface area contributed by atoms with Gasteiger partial charge in [-0.3, -0.25) is 4.90 Å². The fraction of sp³-hybridized carbons (Fsp3) is 0.462. The number of hydrogen-bond acceptors (Lipinski definition) is 4. The molecule has 158 valence electrons. The van der Waals surface area contributed by atoms with Gasteiger partial charge >= 0.3 is 0 Å². The highest BCUT2D eigenvalue weighted by atomic mass is 16.5. The Kier molecular flexibility index (Phi) is 5.08. The van der Waals surface area contributed by atoms with Crippen molar-refractivity contribution in [3.63, 3.8) is 0 Å². The summed E-state index contributed by atoms with van der Waals surface area (Å²) in [6.07, 6.45) is 4.75. The molecule has 4 aliphatic heterocycles. The summed E-state index contributed by atoms with van der Waals surface area (Å²) in [5.41, 5.74) is 2.98. The van der Waals surface area contributed by atoms with E-state index >= 15 is 0 Å². The molecule has 4 heteroatoms. The van der Waals surface area contributed by atoms with E-state index in [0.29, 0.717) is 11.8 Å². The van der Waals surface area contributed by atoms with Crippen LogP contribution in [0.3, 0.4) is 0 Å². The normalized spacial score (nSPS) is 33.3. The van der Waals surface area contributed by atoms with Gasteiger partial charge in [-0.2, -0.15) is 0 Å². The van der Waals surface area contributed by atoms with Crippen LogP contribution in [0.25, 0.3) is 0 Å². The van der Waals surface area contributed by atoms with Crippen LogP contribution in [0.4, 0.5) is 5.69 Å². The van der Waals surface area contributed by atoms with E-state index in [1.807, 2.05) is 6.07 Å². The smallest absolute Gasteiger partial charge is 0.119 e. The van der Waals surface area contributed by atoms with Gasteiger partial charge in [-0.1, -0.05) is 36.4 Å². The van der Waals surface area contributed by atoms with E-state index in [4.69, 9.17) is 4.74 Å². The number of rotatable bonds is 5. The van der Waals surface area contributed by atoms with Gasteiger partial charge in [0.25, 0.3) is 0 Å². The quantitative estimate of drug-likeness (QED) is 0.738. The summed E-state index contributed by atoms with van der Waals surface area (Å²) in [5.74, 6) is 2.02. The lowest BCUT2D eigenvalue weighted by molar-refractivity contribution is -0.0669. The number of aliphatic hydroxyl groups is 1. The van der Waals surface area contributed by atoms with E-state index < -0.39 is 11.5 Å². The highest BCUT2D eigenvalue weighted by molar-refractivity contribution is 5.63. The Labute approximate surface area is 179 Å². The molecule has 2 bridgehead atoms. The van der Waals surface area contributed by atoms with Crippen LogP contribution in [-0.4, -0.2) is 48.9 Å². The lowest BCUT2D eigenvalue weighted by atomic mass is 9.61. The van der Waals surface area contributed by atoms with Crippen molar-refractivity contribution in [2.45, 2.75) is 36.8 Å². The van der Waals surface area contributed by atoms with Gasteiger partial charge in [-0.05, 0) is 67.0 Å². The van der Waals surface area contributed by atoms with Gasteiger partial charge in [0, 0.05) is 24.8 Å². The summed E-state index contributed by atoms with van der Waals surface area (Å²) in [6.45, 7) is 7.00. The molecule has 0 spiro atoms. The molecule has 4 unspecified atom stereocenters. The van der Waals surface area contributed by atoms with Crippen molar-refractivity contribution >= 4 is 5.69 Å². The van der Waals surface area contributed by atoms with Crippen molar-refractivity contribution in [3.05, 3.63) is 72.3 Å². The van der Waals surface area contributed by atoms with Gasteiger partial charge in [0.2, 0.25) is 0 Å². The zero-order chi connectivity index (χ0) is 20.7. The Hall–Kier alpha value is -2.30. The minimum Gasteiger partial charge on any atom is -0.497 e. The van der Waals surface area contributed by atoms with Crippen molar-refractivity contribution in [1.82, 2.24) is 4.90 Å². The minimum absolute atomic E-state index is 0.164. The number of aliphatic hydroxyl groups excluding tert-OH is 1. The number of anilines is 1. The van der Waals surface area contributed by atoms with Gasteiger partial charge in [0.15, 0.2) is 0 Å². The van der Waals surface area contributed by atoms with Crippen LogP contribution in [0.2, 0.25) is 0 Å². The molecule has 30 heavy (non-hydrogen) atoms. The highest BCUT2D eigenvalue weighted by Crippen LogP contribution is 2.50. The molecular weight excluding hydrogens is 372 g/mol. The number of fused-ring (bicyclic) bond motifs is 4. The summed E-state index contributed by atoms with van der Waals surface area (Å²) in [4.78, 5) is 2.52. The molecule has 2 aromatic carbocycles. The standard InChI is InChI=1S/C26H32N2O2/c1-3-18-17-28-14-11-19(18)15-24(28)25(29)26(20-7-5-4-6-8-20)12-13-27-23-10-9-21(30-2)16-22(23)26/h3-10,16,18-19,24-25,27,29H,1,11-15,17H2,2H3/t18?,19?,24-,25-,26?/m0/s1. The largest absolute Gasteiger partial charge is 0.497 e. The number of benzene rings is 2. The van der Waals surface area contributed by atoms with Crippen LogP contribution in [0.5, 0.6) is 5.75 Å². The Balaban J connectivity index is 1.63. The first-order valence-electron chi connectivity index (χ1n) is 11.2. The van der Waals surface area contributed by atoms with Crippen LogP contribution in [0.15, 0.2) is 61.2 Å². The first kappa shape index (κ1) is 19.7. The van der Waals surface area contributed by atoms with Crippen LogP contribution in [0, 0.1) is 11.8 Å². The van der Waals surface area contributed by atoms with Crippen molar-refractivity contribution < 1.29 is 9.84 Å². The summed E-state index contributed by atoms with van der Waals surface area (Å²) < 4.78 is 5.58. The number of hydrogen-bond donors (Lipinski definition) is 2. The number of nitrogens with one attached hydrogen (secondary N) is 1. The molecule has 0 saturated carbocycles. The molecule has 4 aliphatic rings. The predicted octanol–water partition coefficient (Wildman–Crippen LogP) is 4.05. The van der Waals surface area contributed by atoms with Crippen LogP contribution in [-0.2, 0) is 5.41 Å². The summed E-state index contributed by atoms with van der Waals surface area (Å²) in [7, 11) is 1.71. The third kappa shape index (κ3) is 2.97. The highest BCUT2D eigenvalue weighted by Gasteiger charge is 2.52. The second-order valence-corrected chi connectivity index (χ2v) is 9.12. The van der Waals surface area contributed by atoms with Gasteiger partial charge in [0.05, 0.1) is 18.6 Å². The van der Waals surface area contributed by atoms with E-state index in [-0.39, 0.29) is 6.04 Å². The number of nitrogens with zero attached hydrogens (tertiary/aromatic N) is 1. The van der Waals surface area contributed by atoms with Crippen LogP contribution in [0.1, 0.15) is 30.4 Å². The molecule has 0 aromatic heterocycles. The Morgan fingerprint density at radius 1 is 1.27 bits per heavy atom. The molecule has 3 fully saturated rings. The Morgan fingerprint density at radius 3 is 2.80 bits per heavy atom. The fourth-order valence-electron chi connectivity index (χ4n) is 6.25. The first-order chi connectivity index (χ1) is 14.7. The third-order valence-electron chi connectivity index (χ3n) is 7.85. The first-order valence-corrected chi connectivity index (χ1v) is 11.2. The Bertz CT molecular complexity index is 915. The lowest BCUT2D eigenvalue weighted by Crippen LogP contribution is -2.62. The number of ether oxygens (including phenoxy) is 1. The molecule has 6 rings (SSSR count). The molecule has 4 heterocycles. The topological polar surface area (TPSA) is 44.7 Å². The van der Waals surface area contributed by atoms with E-state index in [2.05, 4.69) is 65.3 Å². The van der Waals surface area contributed by atoms with Crippen LogP contribution < -0.4 is 10.1 Å². The lowest BCUT2D eigenvalue weighted by Gasteiger charge is -2.55. The number of methoxy groups -OCH3 is 1. The Morgan fingerprint density at radius 2 is 2.10 bits per heavy atom. The van der Waals surface area contributed by atoms with Crippen molar-refractivity contribution in [3.8, 4) is 5.75 Å². The molecule has 0 amide bonds. The molecule has 2 aromatic rings. The van der Waals surface area contributed by atoms with E-state index in [9.17, 15) is 5.11 Å². The maximum Gasteiger partial charge on any atom is 0.119 e. The average molecular weight is 405 g/mol. The zero-order valence-electron chi connectivity index (χ0n) is 17.8. The molecule has 6 atom stereocenters. The van der Waals surface area contributed by atoms with Gasteiger partial charge in [0.1, 0.15) is 5.75 Å². The predicted molar refractivity (Wildman–Crippen MR) is 121 cm³/mol. The fourth-order valence-corrected chi connectivity index (χ4v) is 6.25. The molecule has 0 radical (unpaired) electrons. The summed E-state index contributed by atoms with van der Waals surface area (Å²) >= 11 is 0. The van der Waals surface area contributed by atoms with Gasteiger partial charge in [-0.25, -0.2) is 0 Å². The SMILES string of the molecule is C=CC1CN2CCC1C[C@H]2[C@H](O)C1(c2ccccc2)CCNc2ccc(OC)cc21. The number of piperidine rings is 3. The molecule has 2 N–H and O–H groups in total.